The van der Waals surface area contributed by atoms with E-state index in [0.29, 0.717) is 0 Å². The highest BCUT2D eigenvalue weighted by atomic mass is 16.3. The van der Waals surface area contributed by atoms with Crippen molar-refractivity contribution >= 4 is 10.9 Å². The van der Waals surface area contributed by atoms with Gasteiger partial charge in [-0.05, 0) is 30.3 Å². The van der Waals surface area contributed by atoms with Crippen LogP contribution in [0.3, 0.4) is 0 Å². The summed E-state index contributed by atoms with van der Waals surface area (Å²) in [6.45, 7) is 0. The van der Waals surface area contributed by atoms with Crippen LogP contribution in [0.4, 0.5) is 0 Å². The first-order valence-corrected chi connectivity index (χ1v) is 6.32. The standard InChI is InChI=1S/C16H11N3O.CH4/c1-3-16(13-5-8-20-10-13)18-15-4-2-14(9-12(1)15)19-7-6-17-11-19;/h1-11H;1H4. The number of rotatable bonds is 2. The SMILES string of the molecule is C.c1cn(-c2ccc3nc(-c4ccoc4)ccc3c2)cn1. The summed E-state index contributed by atoms with van der Waals surface area (Å²) in [6.07, 6.45) is 8.84. The maximum atomic E-state index is 5.10. The summed E-state index contributed by atoms with van der Waals surface area (Å²) in [5.41, 5.74) is 3.95. The van der Waals surface area contributed by atoms with Crippen molar-refractivity contribution in [1.82, 2.24) is 14.5 Å². The lowest BCUT2D eigenvalue weighted by atomic mass is 10.1. The molecule has 0 saturated carbocycles. The lowest BCUT2D eigenvalue weighted by Gasteiger charge is -2.05. The molecule has 0 N–H and O–H groups in total. The number of imidazole rings is 1. The second-order valence-electron chi connectivity index (χ2n) is 4.56. The number of benzene rings is 1. The van der Waals surface area contributed by atoms with Crippen molar-refractivity contribution in [1.29, 1.82) is 0 Å². The average molecular weight is 277 g/mol. The molecule has 0 unspecified atom stereocenters. The Morgan fingerprint density at radius 2 is 2.00 bits per heavy atom. The van der Waals surface area contributed by atoms with Crippen LogP contribution in [0, 0.1) is 0 Å². The summed E-state index contributed by atoms with van der Waals surface area (Å²) in [5.74, 6) is 0. The minimum Gasteiger partial charge on any atom is -0.472 e. The Morgan fingerprint density at radius 3 is 2.76 bits per heavy atom. The Labute approximate surface area is 122 Å². The highest BCUT2D eigenvalue weighted by Crippen LogP contribution is 2.23. The molecule has 0 fully saturated rings. The largest absolute Gasteiger partial charge is 0.472 e. The summed E-state index contributed by atoms with van der Waals surface area (Å²) >= 11 is 0. The van der Waals surface area contributed by atoms with Gasteiger partial charge in [0.1, 0.15) is 0 Å². The van der Waals surface area contributed by atoms with Gasteiger partial charge in [0.25, 0.3) is 0 Å². The summed E-state index contributed by atoms with van der Waals surface area (Å²) in [5, 5.41) is 1.10. The summed E-state index contributed by atoms with van der Waals surface area (Å²) in [6, 6.07) is 12.2. The first-order chi connectivity index (χ1) is 9.90. The molecular weight excluding hydrogens is 262 g/mol. The molecule has 0 spiro atoms. The fourth-order valence-corrected chi connectivity index (χ4v) is 2.26. The zero-order chi connectivity index (χ0) is 13.4. The highest BCUT2D eigenvalue weighted by Gasteiger charge is 2.04. The van der Waals surface area contributed by atoms with E-state index >= 15 is 0 Å². The van der Waals surface area contributed by atoms with E-state index in [-0.39, 0.29) is 7.43 Å². The third-order valence-electron chi connectivity index (χ3n) is 3.29. The Morgan fingerprint density at radius 1 is 1.05 bits per heavy atom. The topological polar surface area (TPSA) is 43.9 Å². The first kappa shape index (κ1) is 13.1. The molecule has 4 rings (SSSR count). The van der Waals surface area contributed by atoms with E-state index in [0.717, 1.165) is 27.8 Å². The lowest BCUT2D eigenvalue weighted by molar-refractivity contribution is 0.568. The monoisotopic (exact) mass is 277 g/mol. The van der Waals surface area contributed by atoms with E-state index in [1.165, 1.54) is 0 Å². The number of pyridine rings is 1. The van der Waals surface area contributed by atoms with E-state index in [9.17, 15) is 0 Å². The number of fused-ring (bicyclic) bond motifs is 1. The van der Waals surface area contributed by atoms with Gasteiger partial charge in [-0.25, -0.2) is 9.97 Å². The summed E-state index contributed by atoms with van der Waals surface area (Å²) < 4.78 is 7.07. The Kier molecular flexibility index (Phi) is 3.28. The van der Waals surface area contributed by atoms with Gasteiger partial charge in [-0.3, -0.25) is 0 Å². The molecule has 4 heteroatoms. The molecule has 0 amide bonds. The zero-order valence-electron chi connectivity index (χ0n) is 10.6. The van der Waals surface area contributed by atoms with Crippen LogP contribution in [0.5, 0.6) is 0 Å². The van der Waals surface area contributed by atoms with Gasteiger partial charge in [0.15, 0.2) is 0 Å². The lowest BCUT2D eigenvalue weighted by Crippen LogP contribution is -1.91. The van der Waals surface area contributed by atoms with Gasteiger partial charge in [0.05, 0.1) is 30.1 Å². The predicted octanol–water partition coefficient (Wildman–Crippen LogP) is 4.32. The Balaban J connectivity index is 0.00000132. The van der Waals surface area contributed by atoms with E-state index in [1.807, 2.05) is 35.0 Å². The second kappa shape index (κ2) is 5.25. The number of furan rings is 1. The molecule has 4 aromatic rings. The Bertz CT molecular complexity index is 776. The van der Waals surface area contributed by atoms with E-state index in [1.54, 1.807) is 25.1 Å². The van der Waals surface area contributed by atoms with Crippen LogP contribution >= 0.6 is 0 Å². The van der Waals surface area contributed by atoms with Crippen molar-refractivity contribution in [3.8, 4) is 16.9 Å². The minimum absolute atomic E-state index is 0. The molecule has 0 bridgehead atoms. The molecule has 104 valence electrons. The smallest absolute Gasteiger partial charge is 0.0996 e. The van der Waals surface area contributed by atoms with Gasteiger partial charge in [-0.15, -0.1) is 0 Å². The normalized spacial score (nSPS) is 10.5. The molecule has 0 saturated heterocycles. The van der Waals surface area contributed by atoms with Crippen LogP contribution in [0.15, 0.2) is 72.1 Å². The van der Waals surface area contributed by atoms with Gasteiger partial charge < -0.3 is 8.98 Å². The predicted molar refractivity (Wildman–Crippen MR) is 83.3 cm³/mol. The third kappa shape index (κ3) is 2.31. The molecule has 0 aliphatic rings. The number of hydrogen-bond donors (Lipinski definition) is 0. The van der Waals surface area contributed by atoms with Gasteiger partial charge in [0.2, 0.25) is 0 Å². The van der Waals surface area contributed by atoms with Crippen molar-refractivity contribution in [3.05, 3.63) is 67.6 Å². The van der Waals surface area contributed by atoms with E-state index in [4.69, 9.17) is 4.42 Å². The zero-order valence-corrected chi connectivity index (χ0v) is 10.6. The average Bonchev–Trinajstić information content (AvgIpc) is 3.19. The Hall–Kier alpha value is -2.88. The van der Waals surface area contributed by atoms with E-state index < -0.39 is 0 Å². The van der Waals surface area contributed by atoms with Crippen molar-refractivity contribution in [2.24, 2.45) is 0 Å². The van der Waals surface area contributed by atoms with Crippen LogP contribution in [0.2, 0.25) is 0 Å². The van der Waals surface area contributed by atoms with Gasteiger partial charge >= 0.3 is 0 Å². The number of hydrogen-bond acceptors (Lipinski definition) is 3. The van der Waals surface area contributed by atoms with Crippen LogP contribution in [0.1, 0.15) is 7.43 Å². The van der Waals surface area contributed by atoms with Crippen LogP contribution in [0.25, 0.3) is 27.8 Å². The molecule has 0 atom stereocenters. The van der Waals surface area contributed by atoms with Crippen LogP contribution < -0.4 is 0 Å². The summed E-state index contributed by atoms with van der Waals surface area (Å²) in [4.78, 5) is 8.72. The fourth-order valence-electron chi connectivity index (χ4n) is 2.26. The van der Waals surface area contributed by atoms with Crippen LogP contribution in [-0.4, -0.2) is 14.5 Å². The van der Waals surface area contributed by atoms with Crippen molar-refractivity contribution in [2.75, 3.05) is 0 Å². The molecule has 3 heterocycles. The molecule has 1 aromatic carbocycles. The van der Waals surface area contributed by atoms with E-state index in [2.05, 4.69) is 22.1 Å². The van der Waals surface area contributed by atoms with Crippen molar-refractivity contribution < 1.29 is 4.42 Å². The first-order valence-electron chi connectivity index (χ1n) is 6.32. The highest BCUT2D eigenvalue weighted by molar-refractivity contribution is 5.83. The fraction of sp³-hybridized carbons (Fsp3) is 0.0588. The summed E-state index contributed by atoms with van der Waals surface area (Å²) in [7, 11) is 0. The van der Waals surface area contributed by atoms with Crippen LogP contribution in [-0.2, 0) is 0 Å². The van der Waals surface area contributed by atoms with Crippen molar-refractivity contribution in [3.63, 3.8) is 0 Å². The maximum Gasteiger partial charge on any atom is 0.0996 e. The molecule has 0 aliphatic carbocycles. The second-order valence-corrected chi connectivity index (χ2v) is 4.56. The molecule has 3 aromatic heterocycles. The van der Waals surface area contributed by atoms with Gasteiger partial charge in [0, 0.05) is 29.0 Å². The molecule has 21 heavy (non-hydrogen) atoms. The molecular formula is C17H15N3O. The van der Waals surface area contributed by atoms with Crippen molar-refractivity contribution in [2.45, 2.75) is 7.43 Å². The number of aromatic nitrogens is 3. The molecule has 0 aliphatic heterocycles. The maximum absolute atomic E-state index is 5.10. The van der Waals surface area contributed by atoms with Gasteiger partial charge in [-0.1, -0.05) is 13.5 Å². The minimum atomic E-state index is 0. The number of nitrogens with zero attached hydrogens (tertiary/aromatic N) is 3. The van der Waals surface area contributed by atoms with Gasteiger partial charge in [-0.2, -0.15) is 0 Å². The quantitative estimate of drug-likeness (QED) is 0.548. The molecule has 0 radical (unpaired) electrons. The third-order valence-corrected chi connectivity index (χ3v) is 3.29. The molecule has 4 nitrogen and oxygen atoms in total.